The van der Waals surface area contributed by atoms with E-state index in [-0.39, 0.29) is 45.1 Å². The van der Waals surface area contributed by atoms with Gasteiger partial charge in [-0.3, -0.25) is 14.2 Å². The van der Waals surface area contributed by atoms with Crippen molar-refractivity contribution in [3.05, 3.63) is 35.9 Å². The normalized spacial score (nSPS) is 13.0. The first-order valence-corrected chi connectivity index (χ1v) is 14.9. The van der Waals surface area contributed by atoms with Gasteiger partial charge in [-0.2, -0.15) is 0 Å². The van der Waals surface area contributed by atoms with E-state index in [4.69, 9.17) is 13.8 Å². The van der Waals surface area contributed by atoms with Crippen LogP contribution in [0.1, 0.15) is 58.9 Å². The van der Waals surface area contributed by atoms with Gasteiger partial charge in [-0.15, -0.1) is 0 Å². The summed E-state index contributed by atoms with van der Waals surface area (Å²) in [6.45, 7) is 7.80. The fourth-order valence-corrected chi connectivity index (χ4v) is 5.19. The predicted octanol–water partition coefficient (Wildman–Crippen LogP) is 3.36. The Morgan fingerprint density at radius 3 is 2.24 bits per heavy atom. The zero-order chi connectivity index (χ0) is 28.4. The van der Waals surface area contributed by atoms with Gasteiger partial charge in [0.2, 0.25) is 11.8 Å². The number of hydrogen-bond acceptors (Lipinski definition) is 8. The Balaban J connectivity index is 2.63. The molecule has 0 aliphatic rings. The van der Waals surface area contributed by atoms with E-state index < -0.39 is 37.6 Å². The zero-order valence-corrected chi connectivity index (χ0v) is 23.8. The third kappa shape index (κ3) is 14.5. The van der Waals surface area contributed by atoms with Crippen LogP contribution in [-0.2, 0) is 34.5 Å². The lowest BCUT2D eigenvalue weighted by Crippen LogP contribution is -2.50. The van der Waals surface area contributed by atoms with Crippen molar-refractivity contribution < 1.29 is 37.8 Å². The number of aliphatic hydroxyl groups is 1. The van der Waals surface area contributed by atoms with Crippen LogP contribution in [0.3, 0.4) is 0 Å². The van der Waals surface area contributed by atoms with Gasteiger partial charge in [-0.05, 0) is 51.0 Å². The summed E-state index contributed by atoms with van der Waals surface area (Å²) < 4.78 is 28.0. The third-order valence-electron chi connectivity index (χ3n) is 5.37. The van der Waals surface area contributed by atoms with E-state index in [9.17, 15) is 24.1 Å². The van der Waals surface area contributed by atoms with Crippen molar-refractivity contribution in [2.45, 2.75) is 72.1 Å². The summed E-state index contributed by atoms with van der Waals surface area (Å²) in [5.41, 5.74) is 0.815. The fourth-order valence-electron chi connectivity index (χ4n) is 3.68. The van der Waals surface area contributed by atoms with Gasteiger partial charge >= 0.3 is 13.7 Å². The second-order valence-corrected chi connectivity index (χ2v) is 11.3. The molecule has 0 spiro atoms. The first-order valence-electron chi connectivity index (χ1n) is 13.2. The van der Waals surface area contributed by atoms with Crippen molar-refractivity contribution >= 4 is 25.5 Å². The number of unbranched alkanes of at least 4 members (excludes halogenated alkanes) is 1. The van der Waals surface area contributed by atoms with Crippen molar-refractivity contribution in [3.8, 4) is 0 Å². The van der Waals surface area contributed by atoms with E-state index in [0.29, 0.717) is 25.7 Å². The molecule has 0 heterocycles. The van der Waals surface area contributed by atoms with Crippen molar-refractivity contribution in [2.24, 2.45) is 5.92 Å². The third-order valence-corrected chi connectivity index (χ3v) is 7.35. The highest BCUT2D eigenvalue weighted by Gasteiger charge is 2.27. The molecule has 0 aliphatic heterocycles. The van der Waals surface area contributed by atoms with Gasteiger partial charge in [0, 0.05) is 6.54 Å². The van der Waals surface area contributed by atoms with Crippen LogP contribution in [-0.4, -0.2) is 67.6 Å². The number of aliphatic hydroxyl groups excluding tert-OH is 1. The Kier molecular flexibility index (Phi) is 16.6. The van der Waals surface area contributed by atoms with E-state index in [1.165, 1.54) is 0 Å². The second kappa shape index (κ2) is 18.7. The number of nitrogens with one attached hydrogen (secondary N) is 3. The molecule has 38 heavy (non-hydrogen) atoms. The summed E-state index contributed by atoms with van der Waals surface area (Å²) in [7, 11) is -3.48. The average molecular weight is 558 g/mol. The lowest BCUT2D eigenvalue weighted by atomic mass is 10.0. The number of hydrogen-bond donors (Lipinski definition) is 4. The maximum atomic E-state index is 12.9. The molecule has 216 valence electrons. The summed E-state index contributed by atoms with van der Waals surface area (Å²) in [4.78, 5) is 37.5. The van der Waals surface area contributed by atoms with Crippen LogP contribution in [0.4, 0.5) is 4.79 Å². The quantitative estimate of drug-likeness (QED) is 0.149. The molecule has 0 bridgehead atoms. The number of carbonyl (C=O) groups is 3. The summed E-state index contributed by atoms with van der Waals surface area (Å²) >= 11 is 0. The van der Waals surface area contributed by atoms with E-state index in [2.05, 4.69) is 16.0 Å². The summed E-state index contributed by atoms with van der Waals surface area (Å²) in [5.74, 6) is -0.606. The van der Waals surface area contributed by atoms with Crippen molar-refractivity contribution in [1.82, 2.24) is 16.0 Å². The van der Waals surface area contributed by atoms with Gasteiger partial charge in [0.1, 0.15) is 18.8 Å². The Morgan fingerprint density at radius 1 is 1.00 bits per heavy atom. The highest BCUT2D eigenvalue weighted by Crippen LogP contribution is 2.47. The molecule has 0 fully saturated rings. The standard InChI is InChI=1S/C26H44N3O8P/c1-5-36-38(34,37-6-2)19-24(31)27-15-11-10-14-23(25(32)28-22(17-30)16-20(3)4)29-26(33)35-18-21-12-8-7-9-13-21/h7-9,12-13,20,22-23,30H,5-6,10-11,14-19H2,1-4H3,(H,27,31)(H,28,32)(H,29,33)/t22-,23?/m0/s1. The molecular formula is C26H44N3O8P. The molecule has 3 amide bonds. The molecule has 1 unspecified atom stereocenters. The van der Waals surface area contributed by atoms with Crippen LogP contribution in [0, 0.1) is 5.92 Å². The first kappa shape index (κ1) is 33.6. The van der Waals surface area contributed by atoms with E-state index in [1.54, 1.807) is 13.8 Å². The maximum absolute atomic E-state index is 12.9. The number of amides is 3. The smallest absolute Gasteiger partial charge is 0.408 e. The lowest BCUT2D eigenvalue weighted by molar-refractivity contribution is -0.124. The number of rotatable bonds is 19. The lowest BCUT2D eigenvalue weighted by Gasteiger charge is -2.23. The summed E-state index contributed by atoms with van der Waals surface area (Å²) in [6.07, 6.45) is 0.798. The summed E-state index contributed by atoms with van der Waals surface area (Å²) in [5, 5.41) is 17.7. The summed E-state index contributed by atoms with van der Waals surface area (Å²) in [6, 6.07) is 7.86. The Hall–Kier alpha value is -2.46. The largest absolute Gasteiger partial charge is 0.445 e. The second-order valence-electron chi connectivity index (χ2n) is 9.23. The molecule has 0 radical (unpaired) electrons. The van der Waals surface area contributed by atoms with E-state index in [0.717, 1.165) is 5.56 Å². The topological polar surface area (TPSA) is 152 Å². The minimum atomic E-state index is -3.48. The van der Waals surface area contributed by atoms with Crippen molar-refractivity contribution in [3.63, 3.8) is 0 Å². The van der Waals surface area contributed by atoms with Gasteiger partial charge in [0.25, 0.3) is 0 Å². The van der Waals surface area contributed by atoms with Crippen LogP contribution in [0.5, 0.6) is 0 Å². The van der Waals surface area contributed by atoms with Crippen molar-refractivity contribution in [2.75, 3.05) is 32.5 Å². The molecular weight excluding hydrogens is 513 g/mol. The Bertz CT molecular complexity index is 875. The van der Waals surface area contributed by atoms with Gasteiger partial charge in [-0.1, -0.05) is 44.2 Å². The molecule has 1 aromatic rings. The van der Waals surface area contributed by atoms with Crippen LogP contribution < -0.4 is 16.0 Å². The number of ether oxygens (including phenoxy) is 1. The molecule has 1 rings (SSSR count). The zero-order valence-electron chi connectivity index (χ0n) is 22.9. The number of carbonyl (C=O) groups excluding carboxylic acids is 3. The van der Waals surface area contributed by atoms with Crippen LogP contribution in [0.2, 0.25) is 0 Å². The van der Waals surface area contributed by atoms with E-state index in [1.807, 2.05) is 44.2 Å². The molecule has 4 N–H and O–H groups in total. The molecule has 1 aromatic carbocycles. The van der Waals surface area contributed by atoms with Gasteiger partial charge in [0.15, 0.2) is 0 Å². The Morgan fingerprint density at radius 2 is 1.66 bits per heavy atom. The van der Waals surface area contributed by atoms with Crippen LogP contribution in [0.15, 0.2) is 30.3 Å². The predicted molar refractivity (Wildman–Crippen MR) is 145 cm³/mol. The van der Waals surface area contributed by atoms with Crippen LogP contribution >= 0.6 is 7.60 Å². The maximum Gasteiger partial charge on any atom is 0.408 e. The van der Waals surface area contributed by atoms with Crippen molar-refractivity contribution in [1.29, 1.82) is 0 Å². The number of benzene rings is 1. The molecule has 2 atom stereocenters. The molecule has 0 aliphatic carbocycles. The minimum Gasteiger partial charge on any atom is -0.445 e. The SMILES string of the molecule is CCOP(=O)(CC(=O)NCCCCC(NC(=O)OCc1ccccc1)C(=O)N[C@H](CO)CC(C)C)OCC. The minimum absolute atomic E-state index is 0.0625. The number of alkyl carbamates (subject to hydrolysis) is 1. The molecule has 11 nitrogen and oxygen atoms in total. The fraction of sp³-hybridized carbons (Fsp3) is 0.654. The van der Waals surface area contributed by atoms with Gasteiger partial charge in [-0.25, -0.2) is 4.79 Å². The first-order chi connectivity index (χ1) is 18.1. The molecule has 0 aromatic heterocycles. The van der Waals surface area contributed by atoms with Gasteiger partial charge < -0.3 is 34.8 Å². The van der Waals surface area contributed by atoms with E-state index >= 15 is 0 Å². The van der Waals surface area contributed by atoms with Crippen LogP contribution in [0.25, 0.3) is 0 Å². The highest BCUT2D eigenvalue weighted by atomic mass is 31.2. The Labute approximate surface area is 225 Å². The molecule has 0 saturated heterocycles. The molecule has 0 saturated carbocycles. The highest BCUT2D eigenvalue weighted by molar-refractivity contribution is 7.54. The monoisotopic (exact) mass is 557 g/mol. The molecule has 12 heteroatoms. The van der Waals surface area contributed by atoms with Gasteiger partial charge in [0.05, 0.1) is 25.9 Å². The average Bonchev–Trinajstić information content (AvgIpc) is 2.86.